The lowest BCUT2D eigenvalue weighted by Crippen LogP contribution is -2.14. The number of thiazole rings is 1. The number of carbonyl (C=O) groups excluding carboxylic acids is 2. The summed E-state index contributed by atoms with van der Waals surface area (Å²) in [4.78, 5) is 36.5. The third-order valence-electron chi connectivity index (χ3n) is 2.44. The molecule has 8 heteroatoms. The Hall–Kier alpha value is -2.26. The smallest absolute Gasteiger partial charge is 0.269 e. The predicted octanol–water partition coefficient (Wildman–Crippen LogP) is 2.58. The van der Waals surface area contributed by atoms with Gasteiger partial charge in [-0.1, -0.05) is 6.92 Å². The molecule has 2 rings (SSSR count). The molecule has 0 fully saturated rings. The maximum absolute atomic E-state index is 12.0. The number of alkyl halides is 1. The van der Waals surface area contributed by atoms with Gasteiger partial charge in [0.25, 0.3) is 5.56 Å². The monoisotopic (exact) mass is 323 g/mol. The lowest BCUT2D eigenvalue weighted by Gasteiger charge is -1.98. The van der Waals surface area contributed by atoms with Crippen molar-refractivity contribution in [2.75, 3.05) is 0 Å². The first-order valence-corrected chi connectivity index (χ1v) is 7.16. The number of hydrogen-bond donors (Lipinski definition) is 0. The van der Waals surface area contributed by atoms with Gasteiger partial charge in [0, 0.05) is 11.4 Å². The van der Waals surface area contributed by atoms with E-state index < -0.39 is 0 Å². The minimum atomic E-state index is -0.163. The zero-order valence-corrected chi connectivity index (χ0v) is 12.6. The second-order valence-electron chi connectivity index (χ2n) is 3.68. The van der Waals surface area contributed by atoms with Crippen molar-refractivity contribution < 1.29 is 9.59 Å². The average Bonchev–Trinajstić information content (AvgIpc) is 2.88. The van der Waals surface area contributed by atoms with E-state index >= 15 is 0 Å². The van der Waals surface area contributed by atoms with Crippen LogP contribution >= 0.6 is 22.9 Å². The van der Waals surface area contributed by atoms with Gasteiger partial charge in [-0.25, -0.2) is 9.83 Å². The van der Waals surface area contributed by atoms with E-state index in [1.54, 1.807) is 6.08 Å². The van der Waals surface area contributed by atoms with Crippen molar-refractivity contribution in [3.63, 3.8) is 0 Å². The molecule has 0 amide bonds. The highest BCUT2D eigenvalue weighted by molar-refractivity contribution is 7.15. The van der Waals surface area contributed by atoms with Crippen molar-refractivity contribution in [3.8, 4) is 0 Å². The van der Waals surface area contributed by atoms with Crippen LogP contribution in [0.2, 0.25) is 0 Å². The van der Waals surface area contributed by atoms with Crippen LogP contribution in [-0.2, 0) is 15.5 Å². The Morgan fingerprint density at radius 1 is 1.62 bits per heavy atom. The molecule has 0 saturated heterocycles. The number of hydrogen-bond acceptors (Lipinski definition) is 5. The molecule has 2 aromatic rings. The fraction of sp³-hybridized carbons (Fsp3) is 0.231. The zero-order valence-electron chi connectivity index (χ0n) is 11.0. The van der Waals surface area contributed by atoms with Gasteiger partial charge in [-0.15, -0.1) is 22.9 Å². The van der Waals surface area contributed by atoms with Crippen LogP contribution in [0.1, 0.15) is 24.7 Å². The summed E-state index contributed by atoms with van der Waals surface area (Å²) in [5.41, 5.74) is 1.72. The highest BCUT2D eigenvalue weighted by Crippen LogP contribution is 2.17. The molecule has 0 saturated carbocycles. The van der Waals surface area contributed by atoms with E-state index in [0.29, 0.717) is 28.5 Å². The van der Waals surface area contributed by atoms with Crippen LogP contribution in [0.25, 0.3) is 15.9 Å². The van der Waals surface area contributed by atoms with E-state index in [1.165, 1.54) is 21.8 Å². The standard InChI is InChI=1S/C12H10ClN3OS.CO2/c1-3-8(14-2)4-10-7-18-12-15-9(6-13)5-11(17)16(10)12;2-1-3/h4-5,7H,3,6H2,1H3;/b8-4-;. The Kier molecular flexibility index (Phi) is 6.50. The third-order valence-corrected chi connectivity index (χ3v) is 3.56. The van der Waals surface area contributed by atoms with Gasteiger partial charge in [-0.2, -0.15) is 9.59 Å². The largest absolute Gasteiger partial charge is 0.373 e. The van der Waals surface area contributed by atoms with Crippen molar-refractivity contribution in [3.05, 3.63) is 50.3 Å². The molecule has 2 heterocycles. The van der Waals surface area contributed by atoms with Gasteiger partial charge in [0.15, 0.2) is 10.7 Å². The Labute approximate surface area is 129 Å². The topological polar surface area (TPSA) is 72.9 Å². The summed E-state index contributed by atoms with van der Waals surface area (Å²) in [5, 5.41) is 1.82. The van der Waals surface area contributed by atoms with Crippen molar-refractivity contribution in [2.24, 2.45) is 0 Å². The second kappa shape index (κ2) is 8.12. The van der Waals surface area contributed by atoms with Crippen molar-refractivity contribution in [1.29, 1.82) is 0 Å². The highest BCUT2D eigenvalue weighted by Gasteiger charge is 2.07. The maximum Gasteiger partial charge on any atom is 0.373 e. The molecular formula is C13H10ClN3O3S. The van der Waals surface area contributed by atoms with Gasteiger partial charge in [-0.3, -0.25) is 9.20 Å². The quantitative estimate of drug-likeness (QED) is 0.643. The third kappa shape index (κ3) is 4.10. The van der Waals surface area contributed by atoms with Crippen LogP contribution in [0.4, 0.5) is 0 Å². The highest BCUT2D eigenvalue weighted by atomic mass is 35.5. The van der Waals surface area contributed by atoms with Gasteiger partial charge in [-0.05, 0) is 12.5 Å². The number of aromatic nitrogens is 2. The summed E-state index contributed by atoms with van der Waals surface area (Å²) in [6.45, 7) is 8.94. The van der Waals surface area contributed by atoms with Crippen molar-refractivity contribution in [2.45, 2.75) is 19.2 Å². The van der Waals surface area contributed by atoms with Crippen LogP contribution in [-0.4, -0.2) is 15.5 Å². The number of nitrogens with zero attached hydrogens (tertiary/aromatic N) is 3. The molecular weight excluding hydrogens is 314 g/mol. The van der Waals surface area contributed by atoms with Crippen molar-refractivity contribution >= 4 is 40.1 Å². The number of halogens is 1. The first-order chi connectivity index (χ1) is 10.1. The molecule has 0 aliphatic heterocycles. The fourth-order valence-corrected chi connectivity index (χ4v) is 2.55. The molecule has 0 N–H and O–H groups in total. The first-order valence-electron chi connectivity index (χ1n) is 5.74. The lowest BCUT2D eigenvalue weighted by molar-refractivity contribution is -0.191. The Balaban J connectivity index is 0.000000677. The fourth-order valence-electron chi connectivity index (χ4n) is 1.54. The van der Waals surface area contributed by atoms with E-state index in [4.69, 9.17) is 27.8 Å². The van der Waals surface area contributed by atoms with Crippen molar-refractivity contribution in [1.82, 2.24) is 9.38 Å². The van der Waals surface area contributed by atoms with Gasteiger partial charge in [0.05, 0.1) is 23.8 Å². The summed E-state index contributed by atoms with van der Waals surface area (Å²) in [7, 11) is 0. The first kappa shape index (κ1) is 16.8. The number of allylic oxidation sites excluding steroid dienone is 1. The van der Waals surface area contributed by atoms with Crippen LogP contribution in [0.5, 0.6) is 0 Å². The van der Waals surface area contributed by atoms with E-state index in [-0.39, 0.29) is 17.6 Å². The van der Waals surface area contributed by atoms with Crippen LogP contribution in [0, 0.1) is 6.57 Å². The van der Waals surface area contributed by atoms with Crippen LogP contribution in [0.3, 0.4) is 0 Å². The van der Waals surface area contributed by atoms with E-state index in [0.717, 1.165) is 0 Å². The molecule has 0 aliphatic carbocycles. The molecule has 0 spiro atoms. The molecule has 2 aromatic heterocycles. The van der Waals surface area contributed by atoms with E-state index in [9.17, 15) is 4.79 Å². The van der Waals surface area contributed by atoms with Crippen LogP contribution < -0.4 is 5.56 Å². The summed E-state index contributed by atoms with van der Waals surface area (Å²) >= 11 is 7.04. The molecule has 21 heavy (non-hydrogen) atoms. The van der Waals surface area contributed by atoms with Gasteiger partial charge in [0.1, 0.15) is 0 Å². The van der Waals surface area contributed by atoms with Gasteiger partial charge in [0.2, 0.25) is 0 Å². The normalized spacial score (nSPS) is 10.4. The summed E-state index contributed by atoms with van der Waals surface area (Å²) in [6.07, 6.45) is 2.61. The van der Waals surface area contributed by atoms with Gasteiger partial charge < -0.3 is 0 Å². The summed E-state index contributed by atoms with van der Waals surface area (Å²) < 4.78 is 1.50. The Morgan fingerprint density at radius 2 is 2.29 bits per heavy atom. The van der Waals surface area contributed by atoms with E-state index in [1.807, 2.05) is 12.3 Å². The SMILES string of the molecule is O=C=O.[C-]#[N+]/C(=C\c1csc2nc(CCl)cc(=O)n12)CC. The number of rotatable bonds is 3. The molecule has 0 aromatic carbocycles. The lowest BCUT2D eigenvalue weighted by atomic mass is 10.3. The molecule has 0 atom stereocenters. The molecule has 0 radical (unpaired) electrons. The Bertz CT molecular complexity index is 795. The van der Waals surface area contributed by atoms with Crippen LogP contribution in [0.15, 0.2) is 21.9 Å². The molecule has 0 aliphatic rings. The molecule has 0 unspecified atom stereocenters. The second-order valence-corrected chi connectivity index (χ2v) is 4.79. The summed E-state index contributed by atoms with van der Waals surface area (Å²) in [6, 6.07) is 1.42. The summed E-state index contributed by atoms with van der Waals surface area (Å²) in [5.74, 6) is 0.219. The zero-order chi connectivity index (χ0) is 15.8. The van der Waals surface area contributed by atoms with E-state index in [2.05, 4.69) is 9.83 Å². The number of fused-ring (bicyclic) bond motifs is 1. The predicted molar refractivity (Wildman–Crippen MR) is 78.8 cm³/mol. The minimum Gasteiger partial charge on any atom is -0.269 e. The van der Waals surface area contributed by atoms with Gasteiger partial charge >= 0.3 is 6.15 Å². The Morgan fingerprint density at radius 3 is 2.81 bits per heavy atom. The molecule has 108 valence electrons. The molecule has 0 bridgehead atoms. The average molecular weight is 324 g/mol. The maximum atomic E-state index is 12.0. The minimum absolute atomic E-state index is 0.163. The molecule has 6 nitrogen and oxygen atoms in total.